The predicted molar refractivity (Wildman–Crippen MR) is 106 cm³/mol. The smallest absolute Gasteiger partial charge is 0.408 e. The number of rotatable bonds is 9. The van der Waals surface area contributed by atoms with Crippen LogP contribution in [0.25, 0.3) is 0 Å². The number of carbonyl (C=O) groups excluding carboxylic acids is 3. The molecule has 1 atom stereocenters. The minimum absolute atomic E-state index is 0.00142. The monoisotopic (exact) mass is 385 g/mol. The van der Waals surface area contributed by atoms with Gasteiger partial charge < -0.3 is 10.1 Å². The first-order valence-electron chi connectivity index (χ1n) is 8.78. The van der Waals surface area contributed by atoms with E-state index in [1.807, 2.05) is 60.7 Å². The molecule has 0 fully saturated rings. The van der Waals surface area contributed by atoms with Gasteiger partial charge in [-0.05, 0) is 11.1 Å². The molecule has 0 spiro atoms. The number of benzene rings is 2. The number of ether oxygens (including phenoxy) is 1. The number of hydrogen-bond donors (Lipinski definition) is 1. The molecule has 0 heterocycles. The number of carbonyl (C=O) groups is 3. The number of amides is 1. The van der Waals surface area contributed by atoms with Crippen LogP contribution in [-0.4, -0.2) is 28.8 Å². The van der Waals surface area contributed by atoms with Crippen LogP contribution in [0.2, 0.25) is 0 Å². The number of thioether (sulfide) groups is 1. The van der Waals surface area contributed by atoms with Gasteiger partial charge in [0.25, 0.3) is 0 Å². The van der Waals surface area contributed by atoms with Crippen molar-refractivity contribution in [2.24, 2.45) is 0 Å². The first-order valence-corrected chi connectivity index (χ1v) is 9.76. The van der Waals surface area contributed by atoms with Crippen LogP contribution in [0.4, 0.5) is 4.79 Å². The molecule has 0 bridgehead atoms. The first kappa shape index (κ1) is 20.7. The Hall–Kier alpha value is -2.60. The molecule has 6 heteroatoms. The summed E-state index contributed by atoms with van der Waals surface area (Å²) in [5, 5.41) is 2.38. The van der Waals surface area contributed by atoms with Crippen LogP contribution in [0.3, 0.4) is 0 Å². The molecule has 0 aliphatic carbocycles. The molecule has 142 valence electrons. The lowest BCUT2D eigenvalue weighted by Crippen LogP contribution is -2.41. The highest BCUT2D eigenvalue weighted by Gasteiger charge is 2.23. The Morgan fingerprint density at radius 1 is 0.963 bits per heavy atom. The van der Waals surface area contributed by atoms with Crippen molar-refractivity contribution in [3.63, 3.8) is 0 Å². The van der Waals surface area contributed by atoms with Crippen molar-refractivity contribution in [3.8, 4) is 0 Å². The molecule has 0 aromatic heterocycles. The molecule has 27 heavy (non-hydrogen) atoms. The number of Topliss-reactive ketones (excluding diaryl/α,β-unsaturated/α-hetero) is 1. The van der Waals surface area contributed by atoms with Crippen molar-refractivity contribution in [3.05, 3.63) is 71.8 Å². The fraction of sp³-hybridized carbons (Fsp3) is 0.286. The molecule has 0 aliphatic rings. The summed E-state index contributed by atoms with van der Waals surface area (Å²) in [7, 11) is 0. The fourth-order valence-electron chi connectivity index (χ4n) is 2.30. The van der Waals surface area contributed by atoms with Gasteiger partial charge in [0.15, 0.2) is 0 Å². The Morgan fingerprint density at radius 3 is 2.15 bits per heavy atom. The lowest BCUT2D eigenvalue weighted by Gasteiger charge is -2.17. The molecular formula is C21H23NO4S. The van der Waals surface area contributed by atoms with E-state index in [9.17, 15) is 14.4 Å². The first-order chi connectivity index (χ1) is 13.1. The quantitative estimate of drug-likeness (QED) is 0.711. The van der Waals surface area contributed by atoms with Crippen molar-refractivity contribution in [1.82, 2.24) is 5.32 Å². The van der Waals surface area contributed by atoms with Gasteiger partial charge in [-0.1, -0.05) is 79.3 Å². The second kappa shape index (κ2) is 11.2. The third-order valence-corrected chi connectivity index (χ3v) is 4.88. The summed E-state index contributed by atoms with van der Waals surface area (Å²) in [5.41, 5.74) is 1.78. The number of nitrogens with one attached hydrogen (secondary N) is 1. The molecule has 0 unspecified atom stereocenters. The normalized spacial score (nSPS) is 11.4. The van der Waals surface area contributed by atoms with Gasteiger partial charge >= 0.3 is 6.09 Å². The van der Waals surface area contributed by atoms with Crippen molar-refractivity contribution in [2.45, 2.75) is 32.4 Å². The summed E-state index contributed by atoms with van der Waals surface area (Å²) in [5.74, 6) is 0.111. The second-order valence-electron chi connectivity index (χ2n) is 5.95. The molecular weight excluding hydrogens is 362 g/mol. The zero-order chi connectivity index (χ0) is 19.5. The van der Waals surface area contributed by atoms with Crippen LogP contribution in [-0.2, 0) is 27.4 Å². The third-order valence-electron chi connectivity index (χ3n) is 3.84. The number of ketones is 1. The van der Waals surface area contributed by atoms with Crippen LogP contribution in [0.5, 0.6) is 0 Å². The highest BCUT2D eigenvalue weighted by atomic mass is 32.2. The average Bonchev–Trinajstić information content (AvgIpc) is 2.71. The van der Waals surface area contributed by atoms with E-state index in [0.29, 0.717) is 12.8 Å². The minimum atomic E-state index is -0.759. The van der Waals surface area contributed by atoms with Crippen LogP contribution in [0, 0.1) is 0 Å². The maximum absolute atomic E-state index is 12.5. The van der Waals surface area contributed by atoms with Gasteiger partial charge in [0.1, 0.15) is 18.4 Å². The summed E-state index contributed by atoms with van der Waals surface area (Å²) in [6.07, 6.45) is 0.0689. The molecule has 1 N–H and O–H groups in total. The standard InChI is InChI=1S/C21H23NO4S/c1-2-18(23)15-27-20(24)19(13-16-9-5-3-6-10-16)22-21(25)26-14-17-11-7-4-8-12-17/h3-12,19H,2,13-15H2,1H3,(H,22,25)/t19-/m0/s1. The third kappa shape index (κ3) is 7.66. The van der Waals surface area contributed by atoms with E-state index in [2.05, 4.69) is 5.32 Å². The van der Waals surface area contributed by atoms with Crippen LogP contribution in [0.15, 0.2) is 60.7 Å². The zero-order valence-electron chi connectivity index (χ0n) is 15.2. The van der Waals surface area contributed by atoms with Gasteiger partial charge in [-0.15, -0.1) is 0 Å². The SMILES string of the molecule is CCC(=O)CSC(=O)[C@H](Cc1ccccc1)NC(=O)OCc1ccccc1. The van der Waals surface area contributed by atoms with Crippen molar-refractivity contribution in [1.29, 1.82) is 0 Å². The number of alkyl carbamates (subject to hydrolysis) is 1. The Morgan fingerprint density at radius 2 is 1.56 bits per heavy atom. The summed E-state index contributed by atoms with van der Waals surface area (Å²) < 4.78 is 5.21. The van der Waals surface area contributed by atoms with E-state index >= 15 is 0 Å². The molecule has 2 aromatic rings. The van der Waals surface area contributed by atoms with Crippen LogP contribution < -0.4 is 5.32 Å². The largest absolute Gasteiger partial charge is 0.445 e. The topological polar surface area (TPSA) is 72.5 Å². The Kier molecular flexibility index (Phi) is 8.58. The summed E-state index contributed by atoms with van der Waals surface area (Å²) in [4.78, 5) is 36.2. The number of hydrogen-bond acceptors (Lipinski definition) is 5. The maximum Gasteiger partial charge on any atom is 0.408 e. The fourth-order valence-corrected chi connectivity index (χ4v) is 3.16. The molecule has 2 rings (SSSR count). The van der Waals surface area contributed by atoms with Gasteiger partial charge in [0.05, 0.1) is 5.75 Å². The van der Waals surface area contributed by atoms with Crippen molar-refractivity contribution >= 4 is 28.8 Å². The van der Waals surface area contributed by atoms with Gasteiger partial charge in [0, 0.05) is 12.8 Å². The van der Waals surface area contributed by atoms with E-state index in [0.717, 1.165) is 22.9 Å². The lowest BCUT2D eigenvalue weighted by molar-refractivity contribution is -0.117. The molecule has 0 saturated heterocycles. The molecule has 1 amide bonds. The van der Waals surface area contributed by atoms with E-state index in [4.69, 9.17) is 4.74 Å². The summed E-state index contributed by atoms with van der Waals surface area (Å²) >= 11 is 0.934. The summed E-state index contributed by atoms with van der Waals surface area (Å²) in [6.45, 7) is 1.88. The maximum atomic E-state index is 12.5. The Balaban J connectivity index is 1.96. The molecule has 5 nitrogen and oxygen atoms in total. The minimum Gasteiger partial charge on any atom is -0.445 e. The Bertz CT molecular complexity index is 749. The van der Waals surface area contributed by atoms with Gasteiger partial charge in [-0.3, -0.25) is 9.59 Å². The zero-order valence-corrected chi connectivity index (χ0v) is 16.0. The highest BCUT2D eigenvalue weighted by Crippen LogP contribution is 2.13. The van der Waals surface area contributed by atoms with Crippen LogP contribution >= 0.6 is 11.8 Å². The van der Waals surface area contributed by atoms with Gasteiger partial charge in [-0.25, -0.2) is 4.79 Å². The van der Waals surface area contributed by atoms with Crippen molar-refractivity contribution < 1.29 is 19.1 Å². The van der Waals surface area contributed by atoms with E-state index in [1.165, 1.54) is 0 Å². The predicted octanol–water partition coefficient (Wildman–Crippen LogP) is 3.76. The lowest BCUT2D eigenvalue weighted by atomic mass is 10.1. The van der Waals surface area contributed by atoms with E-state index in [-0.39, 0.29) is 23.3 Å². The summed E-state index contributed by atoms with van der Waals surface area (Å²) in [6, 6.07) is 18.0. The highest BCUT2D eigenvalue weighted by molar-refractivity contribution is 8.14. The van der Waals surface area contributed by atoms with Crippen LogP contribution in [0.1, 0.15) is 24.5 Å². The molecule has 0 aliphatic heterocycles. The second-order valence-corrected chi connectivity index (χ2v) is 6.93. The molecule has 2 aromatic carbocycles. The van der Waals surface area contributed by atoms with Crippen molar-refractivity contribution in [2.75, 3.05) is 5.75 Å². The molecule has 0 radical (unpaired) electrons. The Labute approximate surface area is 163 Å². The van der Waals surface area contributed by atoms with E-state index < -0.39 is 12.1 Å². The van der Waals surface area contributed by atoms with Gasteiger partial charge in [0.2, 0.25) is 5.12 Å². The van der Waals surface area contributed by atoms with E-state index in [1.54, 1.807) is 6.92 Å². The molecule has 0 saturated carbocycles. The van der Waals surface area contributed by atoms with Gasteiger partial charge in [-0.2, -0.15) is 0 Å². The average molecular weight is 385 g/mol.